The van der Waals surface area contributed by atoms with Gasteiger partial charge in [-0.05, 0) is 117 Å². The molecule has 0 bridgehead atoms. The van der Waals surface area contributed by atoms with Crippen molar-refractivity contribution in [2.24, 2.45) is 0 Å². The summed E-state index contributed by atoms with van der Waals surface area (Å²) in [5, 5.41) is 18.9. The average Bonchev–Trinajstić information content (AvgIpc) is 3.69. The van der Waals surface area contributed by atoms with E-state index in [9.17, 15) is 19.2 Å². The summed E-state index contributed by atoms with van der Waals surface area (Å²) in [4.78, 5) is 58.4. The number of pyridine rings is 1. The zero-order valence-corrected chi connectivity index (χ0v) is 34.7. The van der Waals surface area contributed by atoms with Crippen molar-refractivity contribution in [1.29, 1.82) is 0 Å². The molecule has 0 saturated heterocycles. The first-order valence-electron chi connectivity index (χ1n) is 21.0. The summed E-state index contributed by atoms with van der Waals surface area (Å²) in [5.74, 6) is -1.56. The van der Waals surface area contributed by atoms with Crippen LogP contribution in [0.25, 0.3) is 22.2 Å². The molecule has 12 heteroatoms. The van der Waals surface area contributed by atoms with Crippen LogP contribution in [0.3, 0.4) is 0 Å². The molecule has 1 atom stereocenters. The summed E-state index contributed by atoms with van der Waals surface area (Å²) in [7, 11) is 0. The van der Waals surface area contributed by atoms with Crippen molar-refractivity contribution >= 4 is 46.0 Å². The standard InChI is InChI=1S/C49H52N6O6/c1-3-54(4-2)37-19-20-43(41(31-37)44-30-36(21-25-50-44)48(59)52-42-17-8-13-34-12-5-6-15-38(34)42)53-47(58)35-14-7-11-33(29-35)32-55-26-22-39-40(16-9-18-45(39)55)49(60)51-24-10-27-61-28-23-46(56)57/h5-7,9,11-12,14-16,18-22,25-26,29-31,42H,3-4,8,10,13,17,23-24,27-28,32H2,1-2H3,(H,51,60)(H,52,59)(H,53,58)(H,56,57). The van der Waals surface area contributed by atoms with E-state index >= 15 is 0 Å². The van der Waals surface area contributed by atoms with E-state index in [4.69, 9.17) is 14.8 Å². The van der Waals surface area contributed by atoms with Gasteiger partial charge in [0, 0.05) is 84.0 Å². The minimum atomic E-state index is -0.907. The van der Waals surface area contributed by atoms with E-state index in [2.05, 4.69) is 46.8 Å². The maximum absolute atomic E-state index is 14.0. The van der Waals surface area contributed by atoms with E-state index in [0.717, 1.165) is 54.5 Å². The SMILES string of the molecule is CCN(CC)c1ccc(NC(=O)c2cccc(Cn3ccc4c(C(=O)NCCCOCCC(=O)O)cccc43)c2)c(-c2cc(C(=O)NC3CCCc4ccccc43)ccn2)c1. The number of carbonyl (C=O) groups excluding carboxylic acids is 3. The molecular weight excluding hydrogens is 769 g/mol. The van der Waals surface area contributed by atoms with Gasteiger partial charge < -0.3 is 35.3 Å². The summed E-state index contributed by atoms with van der Waals surface area (Å²) < 4.78 is 7.37. The lowest BCUT2D eigenvalue weighted by molar-refractivity contribution is -0.138. The van der Waals surface area contributed by atoms with Gasteiger partial charge in [0.1, 0.15) is 0 Å². The Morgan fingerprint density at radius 3 is 2.51 bits per heavy atom. The molecule has 4 aromatic carbocycles. The third-order valence-corrected chi connectivity index (χ3v) is 11.2. The molecule has 3 amide bonds. The fraction of sp³-hybridized carbons (Fsp3) is 0.286. The van der Waals surface area contributed by atoms with Crippen molar-refractivity contribution in [3.05, 3.63) is 149 Å². The molecule has 2 aromatic heterocycles. The molecule has 1 aliphatic carbocycles. The quantitative estimate of drug-likeness (QED) is 0.0632. The number of fused-ring (bicyclic) bond motifs is 2. The molecule has 12 nitrogen and oxygen atoms in total. The summed E-state index contributed by atoms with van der Waals surface area (Å²) in [6.07, 6.45) is 6.99. The minimum absolute atomic E-state index is 0.0522. The molecular formula is C49H52N6O6. The van der Waals surface area contributed by atoms with Crippen LogP contribution in [0.1, 0.15) is 93.3 Å². The Labute approximate surface area is 356 Å². The molecule has 2 heterocycles. The first-order chi connectivity index (χ1) is 29.7. The highest BCUT2D eigenvalue weighted by Crippen LogP contribution is 2.33. The number of carboxylic acids is 1. The molecule has 0 fully saturated rings. The topological polar surface area (TPSA) is 155 Å². The fourth-order valence-corrected chi connectivity index (χ4v) is 8.00. The highest BCUT2D eigenvalue weighted by atomic mass is 16.5. The van der Waals surface area contributed by atoms with Crippen LogP contribution in [0.15, 0.2) is 116 Å². The van der Waals surface area contributed by atoms with Crippen molar-refractivity contribution in [3.8, 4) is 11.3 Å². The fourth-order valence-electron chi connectivity index (χ4n) is 8.00. The zero-order valence-electron chi connectivity index (χ0n) is 34.7. The first kappa shape index (κ1) is 42.3. The van der Waals surface area contributed by atoms with E-state index < -0.39 is 5.97 Å². The lowest BCUT2D eigenvalue weighted by Crippen LogP contribution is -2.31. The van der Waals surface area contributed by atoms with Gasteiger partial charge in [-0.15, -0.1) is 0 Å². The maximum Gasteiger partial charge on any atom is 0.305 e. The monoisotopic (exact) mass is 820 g/mol. The molecule has 0 radical (unpaired) electrons. The Morgan fingerprint density at radius 2 is 1.67 bits per heavy atom. The summed E-state index contributed by atoms with van der Waals surface area (Å²) in [6, 6.07) is 32.6. The number of aryl methyl sites for hydroxylation is 1. The van der Waals surface area contributed by atoms with E-state index in [1.165, 1.54) is 11.1 Å². The van der Waals surface area contributed by atoms with E-state index in [1.54, 1.807) is 30.5 Å². The Hall–Kier alpha value is -6.79. The molecule has 7 rings (SSSR count). The predicted molar refractivity (Wildman–Crippen MR) is 238 cm³/mol. The maximum atomic E-state index is 14.0. The molecule has 314 valence electrons. The second-order valence-corrected chi connectivity index (χ2v) is 15.2. The highest BCUT2D eigenvalue weighted by Gasteiger charge is 2.23. The van der Waals surface area contributed by atoms with Crippen LogP contribution in [0.5, 0.6) is 0 Å². The van der Waals surface area contributed by atoms with Crippen LogP contribution in [-0.2, 0) is 22.5 Å². The molecule has 0 saturated carbocycles. The van der Waals surface area contributed by atoms with Crippen molar-refractivity contribution in [2.45, 2.75) is 58.5 Å². The van der Waals surface area contributed by atoms with Gasteiger partial charge in [0.05, 0.1) is 30.5 Å². The van der Waals surface area contributed by atoms with Crippen LogP contribution >= 0.6 is 0 Å². The predicted octanol–water partition coefficient (Wildman–Crippen LogP) is 8.27. The molecule has 4 N–H and O–H groups in total. The van der Waals surface area contributed by atoms with E-state index in [0.29, 0.717) is 59.8 Å². The lowest BCUT2D eigenvalue weighted by Gasteiger charge is -2.26. The van der Waals surface area contributed by atoms with E-state index in [-0.39, 0.29) is 36.8 Å². The van der Waals surface area contributed by atoms with Gasteiger partial charge >= 0.3 is 5.97 Å². The van der Waals surface area contributed by atoms with Gasteiger partial charge in [-0.25, -0.2) is 0 Å². The molecule has 0 spiro atoms. The Bertz CT molecular complexity index is 2530. The molecule has 1 unspecified atom stereocenters. The van der Waals surface area contributed by atoms with Gasteiger partial charge in [0.2, 0.25) is 0 Å². The average molecular weight is 821 g/mol. The summed E-state index contributed by atoms with van der Waals surface area (Å²) in [6.45, 7) is 7.16. The van der Waals surface area contributed by atoms with Crippen molar-refractivity contribution in [3.63, 3.8) is 0 Å². The second kappa shape index (κ2) is 20.0. The lowest BCUT2D eigenvalue weighted by atomic mass is 9.87. The van der Waals surface area contributed by atoms with Gasteiger partial charge in [-0.1, -0.05) is 42.5 Å². The Kier molecular flexibility index (Phi) is 13.9. The van der Waals surface area contributed by atoms with Gasteiger partial charge in [-0.2, -0.15) is 0 Å². The minimum Gasteiger partial charge on any atom is -0.481 e. The normalized spacial score (nSPS) is 13.3. The number of aromatic nitrogens is 2. The number of carbonyl (C=O) groups is 4. The zero-order chi connectivity index (χ0) is 42.7. The van der Waals surface area contributed by atoms with Gasteiger partial charge in [-0.3, -0.25) is 24.2 Å². The number of nitrogens with zero attached hydrogens (tertiary/aromatic N) is 3. The number of carboxylic acid groups (broad SMARTS) is 1. The second-order valence-electron chi connectivity index (χ2n) is 15.2. The number of hydrogen-bond donors (Lipinski definition) is 4. The first-order valence-corrected chi connectivity index (χ1v) is 21.0. The number of aliphatic carboxylic acids is 1. The van der Waals surface area contributed by atoms with Crippen molar-refractivity contribution in [1.82, 2.24) is 20.2 Å². The molecule has 61 heavy (non-hydrogen) atoms. The van der Waals surface area contributed by atoms with Crippen LogP contribution in [0.2, 0.25) is 0 Å². The van der Waals surface area contributed by atoms with Crippen molar-refractivity contribution < 1.29 is 29.0 Å². The van der Waals surface area contributed by atoms with Crippen LogP contribution in [0, 0.1) is 0 Å². The summed E-state index contributed by atoms with van der Waals surface area (Å²) >= 11 is 0. The third kappa shape index (κ3) is 10.3. The van der Waals surface area contributed by atoms with Gasteiger partial charge in [0.15, 0.2) is 0 Å². The number of nitrogens with one attached hydrogen (secondary N) is 3. The summed E-state index contributed by atoms with van der Waals surface area (Å²) in [5.41, 5.74) is 8.58. The number of anilines is 2. The number of rotatable bonds is 18. The number of ether oxygens (including phenoxy) is 1. The third-order valence-electron chi connectivity index (χ3n) is 11.2. The largest absolute Gasteiger partial charge is 0.481 e. The Balaban J connectivity index is 1.06. The van der Waals surface area contributed by atoms with E-state index in [1.807, 2.05) is 77.5 Å². The van der Waals surface area contributed by atoms with Gasteiger partial charge in [0.25, 0.3) is 17.7 Å². The van der Waals surface area contributed by atoms with Crippen LogP contribution in [-0.4, -0.2) is 71.2 Å². The van der Waals surface area contributed by atoms with Crippen LogP contribution in [0.4, 0.5) is 11.4 Å². The smallest absolute Gasteiger partial charge is 0.305 e. The molecule has 0 aliphatic heterocycles. The number of benzene rings is 4. The highest BCUT2D eigenvalue weighted by molar-refractivity contribution is 6.07. The molecule has 6 aromatic rings. The Morgan fingerprint density at radius 1 is 0.852 bits per heavy atom. The number of hydrogen-bond acceptors (Lipinski definition) is 7. The van der Waals surface area contributed by atoms with Crippen LogP contribution < -0.4 is 20.9 Å². The number of amides is 3. The molecule has 1 aliphatic rings. The van der Waals surface area contributed by atoms with Crippen molar-refractivity contribution in [2.75, 3.05) is 43.1 Å².